The zero-order valence-corrected chi connectivity index (χ0v) is 19.3. The van der Waals surface area contributed by atoms with E-state index >= 15 is 0 Å². The van der Waals surface area contributed by atoms with Gasteiger partial charge < -0.3 is 22.8 Å². The van der Waals surface area contributed by atoms with Gasteiger partial charge in [-0.3, -0.25) is 0 Å². The van der Waals surface area contributed by atoms with Crippen LogP contribution in [-0.2, 0) is 27.6 Å². The van der Waals surface area contributed by atoms with Crippen LogP contribution in [0.2, 0.25) is 58.9 Å². The predicted octanol–water partition coefficient (Wildman–Crippen LogP) is 2.77. The number of cyclic esters (lactones) is 1. The second-order valence-electron chi connectivity index (χ2n) is 9.08. The molecular formula is C15H32O6Si3. The maximum absolute atomic E-state index is 12.4. The van der Waals surface area contributed by atoms with Crippen LogP contribution < -0.4 is 0 Å². The third kappa shape index (κ3) is 6.89. The van der Waals surface area contributed by atoms with Gasteiger partial charge in [-0.25, -0.2) is 4.79 Å². The van der Waals surface area contributed by atoms with Crippen LogP contribution in [0.3, 0.4) is 0 Å². The van der Waals surface area contributed by atoms with E-state index in [2.05, 4.69) is 0 Å². The Labute approximate surface area is 148 Å². The first-order valence-electron chi connectivity index (χ1n) is 8.32. The summed E-state index contributed by atoms with van der Waals surface area (Å²) in [4.78, 5) is 24.0. The van der Waals surface area contributed by atoms with E-state index in [0.29, 0.717) is 6.29 Å². The van der Waals surface area contributed by atoms with Crippen LogP contribution in [0.15, 0.2) is 0 Å². The standard InChI is InChI=1S/C15H32O6Si3/c1-22(2,3)19-11(10-16)12-13(20-23(4,5)6)14(15(17)18-12)21-24(7,8)9/h10-14H,1-9H3. The normalized spacial score (nSPS) is 27.0. The van der Waals surface area contributed by atoms with Crippen molar-refractivity contribution >= 4 is 37.2 Å². The molecule has 0 N–H and O–H groups in total. The molecule has 1 fully saturated rings. The Balaban J connectivity index is 3.12. The van der Waals surface area contributed by atoms with Gasteiger partial charge in [-0.1, -0.05) is 0 Å². The molecule has 9 heteroatoms. The summed E-state index contributed by atoms with van der Waals surface area (Å²) in [5.41, 5.74) is 0. The van der Waals surface area contributed by atoms with E-state index in [0.717, 1.165) is 0 Å². The Kier molecular flexibility index (Phi) is 6.79. The second kappa shape index (κ2) is 7.50. The van der Waals surface area contributed by atoms with E-state index in [1.54, 1.807) is 0 Å². The molecule has 0 aromatic rings. The van der Waals surface area contributed by atoms with E-state index in [1.165, 1.54) is 0 Å². The Hall–Kier alpha value is -0.329. The third-order valence-electron chi connectivity index (χ3n) is 3.02. The number of ether oxygens (including phenoxy) is 1. The van der Waals surface area contributed by atoms with Crippen LogP contribution >= 0.6 is 0 Å². The average Bonchev–Trinajstić information content (AvgIpc) is 2.60. The highest BCUT2D eigenvalue weighted by Crippen LogP contribution is 2.30. The number of esters is 1. The fourth-order valence-corrected chi connectivity index (χ4v) is 5.51. The van der Waals surface area contributed by atoms with Gasteiger partial charge in [-0.2, -0.15) is 0 Å². The van der Waals surface area contributed by atoms with Crippen LogP contribution in [0.1, 0.15) is 0 Å². The Morgan fingerprint density at radius 3 is 1.79 bits per heavy atom. The molecule has 0 amide bonds. The van der Waals surface area contributed by atoms with Crippen LogP contribution in [0, 0.1) is 0 Å². The minimum atomic E-state index is -1.99. The molecule has 1 aliphatic heterocycles. The fraction of sp³-hybridized carbons (Fsp3) is 0.867. The number of rotatable bonds is 8. The Morgan fingerprint density at radius 2 is 1.42 bits per heavy atom. The SMILES string of the molecule is C[Si](C)(C)OC(C=O)C1OC(=O)C(O[Si](C)(C)C)C1O[Si](C)(C)C. The van der Waals surface area contributed by atoms with Crippen molar-refractivity contribution in [1.82, 2.24) is 0 Å². The molecule has 0 spiro atoms. The van der Waals surface area contributed by atoms with E-state index in [4.69, 9.17) is 18.0 Å². The molecule has 1 rings (SSSR count). The lowest BCUT2D eigenvalue weighted by molar-refractivity contribution is -0.150. The van der Waals surface area contributed by atoms with E-state index in [1.807, 2.05) is 58.9 Å². The Morgan fingerprint density at radius 1 is 0.917 bits per heavy atom. The molecule has 1 heterocycles. The van der Waals surface area contributed by atoms with E-state index < -0.39 is 55.3 Å². The number of aldehydes is 1. The second-order valence-corrected chi connectivity index (χ2v) is 22.5. The largest absolute Gasteiger partial charge is 0.454 e. The van der Waals surface area contributed by atoms with Gasteiger partial charge in [0.15, 0.2) is 43.4 Å². The highest BCUT2D eigenvalue weighted by atomic mass is 28.4. The van der Waals surface area contributed by atoms with Gasteiger partial charge in [0.25, 0.3) is 0 Å². The zero-order chi connectivity index (χ0) is 18.9. The summed E-state index contributed by atoms with van der Waals surface area (Å²) < 4.78 is 23.7. The zero-order valence-electron chi connectivity index (χ0n) is 16.3. The van der Waals surface area contributed by atoms with Gasteiger partial charge in [0.1, 0.15) is 12.2 Å². The molecule has 0 bridgehead atoms. The van der Waals surface area contributed by atoms with Crippen LogP contribution in [0.4, 0.5) is 0 Å². The number of hydrogen-bond donors (Lipinski definition) is 0. The number of carbonyl (C=O) groups excluding carboxylic acids is 2. The molecule has 0 aliphatic carbocycles. The molecule has 0 aromatic heterocycles. The predicted molar refractivity (Wildman–Crippen MR) is 101 cm³/mol. The van der Waals surface area contributed by atoms with Crippen molar-refractivity contribution in [3.63, 3.8) is 0 Å². The molecule has 6 nitrogen and oxygen atoms in total. The first-order valence-corrected chi connectivity index (χ1v) is 18.5. The molecule has 0 radical (unpaired) electrons. The van der Waals surface area contributed by atoms with Gasteiger partial charge in [0.05, 0.1) is 0 Å². The van der Waals surface area contributed by atoms with Gasteiger partial charge in [-0.05, 0) is 58.9 Å². The van der Waals surface area contributed by atoms with Crippen LogP contribution in [0.5, 0.6) is 0 Å². The molecule has 24 heavy (non-hydrogen) atoms. The third-order valence-corrected chi connectivity index (χ3v) is 5.94. The molecule has 0 saturated carbocycles. The maximum Gasteiger partial charge on any atom is 0.337 e. The lowest BCUT2D eigenvalue weighted by atomic mass is 10.1. The first kappa shape index (κ1) is 21.7. The van der Waals surface area contributed by atoms with Gasteiger partial charge in [-0.15, -0.1) is 0 Å². The summed E-state index contributed by atoms with van der Waals surface area (Å²) in [7, 11) is -5.96. The van der Waals surface area contributed by atoms with Crippen molar-refractivity contribution in [2.24, 2.45) is 0 Å². The highest BCUT2D eigenvalue weighted by molar-refractivity contribution is 6.70. The van der Waals surface area contributed by atoms with Crippen molar-refractivity contribution in [1.29, 1.82) is 0 Å². The summed E-state index contributed by atoms with van der Waals surface area (Å²) in [5, 5.41) is 0. The van der Waals surface area contributed by atoms with E-state index in [9.17, 15) is 9.59 Å². The van der Waals surface area contributed by atoms with Gasteiger partial charge in [0.2, 0.25) is 0 Å². The monoisotopic (exact) mass is 392 g/mol. The van der Waals surface area contributed by atoms with Gasteiger partial charge in [0, 0.05) is 0 Å². The smallest absolute Gasteiger partial charge is 0.337 e. The Bertz CT molecular complexity index is 463. The van der Waals surface area contributed by atoms with Gasteiger partial charge >= 0.3 is 5.97 Å². The van der Waals surface area contributed by atoms with Crippen molar-refractivity contribution < 1.29 is 27.6 Å². The van der Waals surface area contributed by atoms with E-state index in [-0.39, 0.29) is 0 Å². The molecular weight excluding hydrogens is 360 g/mol. The van der Waals surface area contributed by atoms with Crippen molar-refractivity contribution in [2.45, 2.75) is 83.3 Å². The molecule has 0 aromatic carbocycles. The summed E-state index contributed by atoms with van der Waals surface area (Å²) in [6.07, 6.45) is -2.26. The maximum atomic E-state index is 12.4. The summed E-state index contributed by atoms with van der Waals surface area (Å²) in [6.45, 7) is 18.1. The quantitative estimate of drug-likeness (QED) is 0.359. The molecule has 140 valence electrons. The topological polar surface area (TPSA) is 71.1 Å². The summed E-state index contributed by atoms with van der Waals surface area (Å²) in [5.74, 6) is -0.461. The van der Waals surface area contributed by atoms with Crippen LogP contribution in [0.25, 0.3) is 0 Å². The summed E-state index contributed by atoms with van der Waals surface area (Å²) >= 11 is 0. The molecule has 1 saturated heterocycles. The van der Waals surface area contributed by atoms with Crippen molar-refractivity contribution in [3.8, 4) is 0 Å². The first-order chi connectivity index (χ1) is 10.6. The molecule has 4 atom stereocenters. The number of carbonyl (C=O) groups is 2. The van der Waals surface area contributed by atoms with Crippen molar-refractivity contribution in [3.05, 3.63) is 0 Å². The highest BCUT2D eigenvalue weighted by Gasteiger charge is 2.53. The fourth-order valence-electron chi connectivity index (χ4n) is 2.44. The minimum absolute atomic E-state index is 0.461. The lowest BCUT2D eigenvalue weighted by Crippen LogP contribution is -2.51. The lowest BCUT2D eigenvalue weighted by Gasteiger charge is -2.34. The molecule has 4 unspecified atom stereocenters. The number of hydrogen-bond acceptors (Lipinski definition) is 6. The average molecular weight is 393 g/mol. The molecule has 1 aliphatic rings. The summed E-state index contributed by atoms with van der Waals surface area (Å²) in [6, 6.07) is 0. The minimum Gasteiger partial charge on any atom is -0.454 e. The van der Waals surface area contributed by atoms with Crippen molar-refractivity contribution in [2.75, 3.05) is 0 Å². The van der Waals surface area contributed by atoms with Crippen LogP contribution in [-0.4, -0.2) is 61.6 Å².